The van der Waals surface area contributed by atoms with Gasteiger partial charge in [-0.25, -0.2) is 0 Å². The lowest BCUT2D eigenvalue weighted by Gasteiger charge is -2.20. The fourth-order valence-electron chi connectivity index (χ4n) is 2.30. The standard InChI is InChI=1S/C11H18N4/c1-8-11(9-3-6-13-7-4-9)10(2-5-12)15-14-8/h3-4,6-8,10-11,14-15H,2,5,12H2,1H3. The number of hydrazine groups is 1. The fraction of sp³-hybridized carbons (Fsp3) is 0.545. The summed E-state index contributed by atoms with van der Waals surface area (Å²) in [5, 5.41) is 0. The molecule has 4 nitrogen and oxygen atoms in total. The minimum atomic E-state index is 0.424. The predicted molar refractivity (Wildman–Crippen MR) is 60.2 cm³/mol. The molecule has 0 bridgehead atoms. The molecule has 0 aromatic carbocycles. The van der Waals surface area contributed by atoms with E-state index in [1.165, 1.54) is 5.56 Å². The summed E-state index contributed by atoms with van der Waals surface area (Å²) in [4.78, 5) is 4.05. The first-order valence-electron chi connectivity index (χ1n) is 5.44. The number of aromatic nitrogens is 1. The Hall–Kier alpha value is -0.970. The Kier molecular flexibility index (Phi) is 3.30. The maximum Gasteiger partial charge on any atom is 0.0309 e. The molecule has 1 aliphatic heterocycles. The van der Waals surface area contributed by atoms with Crippen molar-refractivity contribution in [1.82, 2.24) is 15.8 Å². The third-order valence-electron chi connectivity index (χ3n) is 3.04. The van der Waals surface area contributed by atoms with Gasteiger partial charge < -0.3 is 5.73 Å². The Morgan fingerprint density at radius 2 is 2.07 bits per heavy atom. The molecule has 4 N–H and O–H groups in total. The van der Waals surface area contributed by atoms with Crippen LogP contribution in [0.1, 0.15) is 24.8 Å². The van der Waals surface area contributed by atoms with Crippen molar-refractivity contribution in [2.75, 3.05) is 6.54 Å². The maximum absolute atomic E-state index is 5.61. The topological polar surface area (TPSA) is 63.0 Å². The van der Waals surface area contributed by atoms with Gasteiger partial charge in [0.1, 0.15) is 0 Å². The summed E-state index contributed by atoms with van der Waals surface area (Å²) >= 11 is 0. The minimum Gasteiger partial charge on any atom is -0.330 e. The maximum atomic E-state index is 5.61. The van der Waals surface area contributed by atoms with Crippen molar-refractivity contribution in [3.8, 4) is 0 Å². The molecular weight excluding hydrogens is 188 g/mol. The highest BCUT2D eigenvalue weighted by molar-refractivity contribution is 5.21. The summed E-state index contributed by atoms with van der Waals surface area (Å²) in [5.74, 6) is 0.483. The Labute approximate surface area is 90.2 Å². The molecule has 1 fully saturated rings. The molecule has 0 amide bonds. The van der Waals surface area contributed by atoms with Crippen molar-refractivity contribution < 1.29 is 0 Å². The second-order valence-corrected chi connectivity index (χ2v) is 4.07. The monoisotopic (exact) mass is 206 g/mol. The van der Waals surface area contributed by atoms with Gasteiger partial charge in [0.05, 0.1) is 0 Å². The van der Waals surface area contributed by atoms with Gasteiger partial charge in [-0.05, 0) is 37.6 Å². The van der Waals surface area contributed by atoms with Gasteiger partial charge in [0.25, 0.3) is 0 Å². The number of pyridine rings is 1. The molecule has 2 heterocycles. The van der Waals surface area contributed by atoms with Crippen LogP contribution in [0.5, 0.6) is 0 Å². The molecule has 15 heavy (non-hydrogen) atoms. The molecule has 1 aromatic rings. The van der Waals surface area contributed by atoms with E-state index in [9.17, 15) is 0 Å². The van der Waals surface area contributed by atoms with Crippen molar-refractivity contribution in [2.24, 2.45) is 5.73 Å². The van der Waals surface area contributed by atoms with E-state index < -0.39 is 0 Å². The number of hydrogen-bond acceptors (Lipinski definition) is 4. The van der Waals surface area contributed by atoms with E-state index in [0.29, 0.717) is 24.5 Å². The predicted octanol–water partition coefficient (Wildman–Crippen LogP) is 0.379. The van der Waals surface area contributed by atoms with Crippen LogP contribution in [0.2, 0.25) is 0 Å². The molecule has 1 aromatic heterocycles. The highest BCUT2D eigenvalue weighted by atomic mass is 15.4. The third kappa shape index (κ3) is 2.17. The van der Waals surface area contributed by atoms with Gasteiger partial charge in [0.2, 0.25) is 0 Å². The average Bonchev–Trinajstić information content (AvgIpc) is 2.62. The summed E-state index contributed by atoms with van der Waals surface area (Å²) < 4.78 is 0. The number of nitrogens with one attached hydrogen (secondary N) is 2. The highest BCUT2D eigenvalue weighted by Gasteiger charge is 2.33. The van der Waals surface area contributed by atoms with Crippen molar-refractivity contribution in [3.05, 3.63) is 30.1 Å². The van der Waals surface area contributed by atoms with E-state index in [0.717, 1.165) is 6.42 Å². The van der Waals surface area contributed by atoms with Gasteiger partial charge >= 0.3 is 0 Å². The van der Waals surface area contributed by atoms with Crippen LogP contribution in [0.15, 0.2) is 24.5 Å². The second-order valence-electron chi connectivity index (χ2n) is 4.07. The lowest BCUT2D eigenvalue weighted by Crippen LogP contribution is -2.33. The molecular formula is C11H18N4. The summed E-state index contributed by atoms with van der Waals surface area (Å²) in [6.07, 6.45) is 4.68. The SMILES string of the molecule is CC1NNC(CCN)C1c1ccncc1. The number of nitrogens with two attached hydrogens (primary N) is 1. The molecule has 3 atom stereocenters. The fourth-order valence-corrected chi connectivity index (χ4v) is 2.30. The van der Waals surface area contributed by atoms with Gasteiger partial charge in [0, 0.05) is 30.4 Å². The summed E-state index contributed by atoms with van der Waals surface area (Å²) in [6.45, 7) is 2.91. The summed E-state index contributed by atoms with van der Waals surface area (Å²) in [5.41, 5.74) is 13.5. The van der Waals surface area contributed by atoms with Crippen LogP contribution >= 0.6 is 0 Å². The Balaban J connectivity index is 2.17. The number of nitrogens with zero attached hydrogens (tertiary/aromatic N) is 1. The van der Waals surface area contributed by atoms with Gasteiger partial charge in [-0.1, -0.05) is 0 Å². The molecule has 0 saturated carbocycles. The zero-order valence-electron chi connectivity index (χ0n) is 8.98. The van der Waals surface area contributed by atoms with Crippen molar-refractivity contribution in [2.45, 2.75) is 31.3 Å². The van der Waals surface area contributed by atoms with Crippen LogP contribution in [-0.4, -0.2) is 23.6 Å². The molecule has 4 heteroatoms. The number of hydrogen-bond donors (Lipinski definition) is 3. The zero-order valence-corrected chi connectivity index (χ0v) is 8.98. The van der Waals surface area contributed by atoms with Gasteiger partial charge in [-0.2, -0.15) is 0 Å². The largest absolute Gasteiger partial charge is 0.330 e. The van der Waals surface area contributed by atoms with E-state index in [2.05, 4.69) is 34.9 Å². The Morgan fingerprint density at radius 3 is 2.73 bits per heavy atom. The van der Waals surface area contributed by atoms with Crippen molar-refractivity contribution in [3.63, 3.8) is 0 Å². The molecule has 2 rings (SSSR count). The first-order valence-corrected chi connectivity index (χ1v) is 5.44. The quantitative estimate of drug-likeness (QED) is 0.669. The normalized spacial score (nSPS) is 30.7. The minimum absolute atomic E-state index is 0.424. The summed E-state index contributed by atoms with van der Waals surface area (Å²) in [6, 6.07) is 5.02. The van der Waals surface area contributed by atoms with E-state index in [1.54, 1.807) is 0 Å². The first-order chi connectivity index (χ1) is 7.33. The van der Waals surface area contributed by atoms with Crippen molar-refractivity contribution in [1.29, 1.82) is 0 Å². The van der Waals surface area contributed by atoms with E-state index in [4.69, 9.17) is 5.73 Å². The zero-order chi connectivity index (χ0) is 10.7. The lowest BCUT2D eigenvalue weighted by atomic mass is 9.87. The summed E-state index contributed by atoms with van der Waals surface area (Å²) in [7, 11) is 0. The van der Waals surface area contributed by atoms with Crippen LogP contribution < -0.4 is 16.6 Å². The van der Waals surface area contributed by atoms with Crippen LogP contribution in [0.3, 0.4) is 0 Å². The van der Waals surface area contributed by atoms with Crippen LogP contribution in [-0.2, 0) is 0 Å². The van der Waals surface area contributed by atoms with Crippen LogP contribution in [0, 0.1) is 0 Å². The lowest BCUT2D eigenvalue weighted by molar-refractivity contribution is 0.497. The van der Waals surface area contributed by atoms with E-state index >= 15 is 0 Å². The van der Waals surface area contributed by atoms with E-state index in [1.807, 2.05) is 12.4 Å². The molecule has 82 valence electrons. The van der Waals surface area contributed by atoms with Crippen LogP contribution in [0.25, 0.3) is 0 Å². The highest BCUT2D eigenvalue weighted by Crippen LogP contribution is 2.27. The Bertz CT molecular complexity index is 299. The van der Waals surface area contributed by atoms with Gasteiger partial charge in [-0.3, -0.25) is 15.8 Å². The van der Waals surface area contributed by atoms with E-state index in [-0.39, 0.29) is 0 Å². The molecule has 3 unspecified atom stereocenters. The van der Waals surface area contributed by atoms with Crippen LogP contribution in [0.4, 0.5) is 0 Å². The van der Waals surface area contributed by atoms with Crippen molar-refractivity contribution >= 4 is 0 Å². The molecule has 1 aliphatic rings. The number of rotatable bonds is 3. The van der Waals surface area contributed by atoms with Gasteiger partial charge in [-0.15, -0.1) is 0 Å². The molecule has 0 spiro atoms. The average molecular weight is 206 g/mol. The molecule has 0 aliphatic carbocycles. The van der Waals surface area contributed by atoms with Gasteiger partial charge in [0.15, 0.2) is 0 Å². The first kappa shape index (κ1) is 10.5. The molecule has 1 saturated heterocycles. The molecule has 0 radical (unpaired) electrons. The Morgan fingerprint density at radius 1 is 1.33 bits per heavy atom. The third-order valence-corrected chi connectivity index (χ3v) is 3.04. The smallest absolute Gasteiger partial charge is 0.0309 e. The second kappa shape index (κ2) is 4.70.